The monoisotopic (exact) mass is 253 g/mol. The lowest BCUT2D eigenvalue weighted by Crippen LogP contribution is -2.11. The first-order chi connectivity index (χ1) is 8.97. The molecule has 19 heavy (non-hydrogen) atoms. The SMILES string of the molecule is Cc1ccc(-c2ccc(CN(C)C)c(C)c2)c(C)c1. The molecule has 100 valence electrons. The molecular weight excluding hydrogens is 230 g/mol. The van der Waals surface area contributed by atoms with Crippen LogP contribution in [0.5, 0.6) is 0 Å². The number of rotatable bonds is 3. The summed E-state index contributed by atoms with van der Waals surface area (Å²) in [5, 5.41) is 0. The quantitative estimate of drug-likeness (QED) is 0.786. The molecular formula is C18H23N. The molecule has 0 fully saturated rings. The predicted octanol–water partition coefficient (Wildman–Crippen LogP) is 4.34. The van der Waals surface area contributed by atoms with Crippen LogP contribution in [0.2, 0.25) is 0 Å². The van der Waals surface area contributed by atoms with Crippen molar-refractivity contribution in [2.24, 2.45) is 0 Å². The lowest BCUT2D eigenvalue weighted by atomic mass is 9.95. The molecule has 1 nitrogen and oxygen atoms in total. The van der Waals surface area contributed by atoms with Gasteiger partial charge in [0, 0.05) is 6.54 Å². The maximum atomic E-state index is 2.30. The van der Waals surface area contributed by atoms with Gasteiger partial charge < -0.3 is 4.90 Å². The number of aryl methyl sites for hydroxylation is 3. The highest BCUT2D eigenvalue weighted by molar-refractivity contribution is 5.68. The largest absolute Gasteiger partial charge is 0.305 e. The summed E-state index contributed by atoms with van der Waals surface area (Å²) in [7, 11) is 4.22. The van der Waals surface area contributed by atoms with Crippen LogP contribution in [0.4, 0.5) is 0 Å². The highest BCUT2D eigenvalue weighted by atomic mass is 15.0. The molecule has 2 aromatic rings. The molecule has 0 saturated heterocycles. The molecule has 0 saturated carbocycles. The third kappa shape index (κ3) is 3.24. The predicted molar refractivity (Wildman–Crippen MR) is 83.5 cm³/mol. The van der Waals surface area contributed by atoms with E-state index in [9.17, 15) is 0 Å². The second-order valence-electron chi connectivity index (χ2n) is 5.70. The smallest absolute Gasteiger partial charge is 0.0230 e. The van der Waals surface area contributed by atoms with Crippen molar-refractivity contribution in [3.8, 4) is 11.1 Å². The highest BCUT2D eigenvalue weighted by Gasteiger charge is 2.05. The zero-order valence-electron chi connectivity index (χ0n) is 12.6. The van der Waals surface area contributed by atoms with E-state index in [0.29, 0.717) is 0 Å². The standard InChI is InChI=1S/C18H23N/c1-13-6-9-18(15(3)10-13)16-7-8-17(12-19(4)5)14(2)11-16/h6-11H,12H2,1-5H3. The first-order valence-corrected chi connectivity index (χ1v) is 6.79. The van der Waals surface area contributed by atoms with Gasteiger partial charge in [-0.05, 0) is 62.7 Å². The van der Waals surface area contributed by atoms with Gasteiger partial charge in [0.1, 0.15) is 0 Å². The van der Waals surface area contributed by atoms with E-state index in [1.807, 2.05) is 0 Å². The van der Waals surface area contributed by atoms with Crippen molar-refractivity contribution < 1.29 is 0 Å². The van der Waals surface area contributed by atoms with Crippen molar-refractivity contribution in [2.45, 2.75) is 27.3 Å². The van der Waals surface area contributed by atoms with Crippen LogP contribution in [0.15, 0.2) is 36.4 Å². The summed E-state index contributed by atoms with van der Waals surface area (Å²) >= 11 is 0. The first kappa shape index (κ1) is 13.8. The topological polar surface area (TPSA) is 3.24 Å². The van der Waals surface area contributed by atoms with Crippen LogP contribution in [0.25, 0.3) is 11.1 Å². The molecule has 0 unspecified atom stereocenters. The maximum Gasteiger partial charge on any atom is 0.0230 e. The minimum Gasteiger partial charge on any atom is -0.305 e. The van der Waals surface area contributed by atoms with Crippen molar-refractivity contribution >= 4 is 0 Å². The van der Waals surface area contributed by atoms with E-state index < -0.39 is 0 Å². The molecule has 0 aromatic heterocycles. The Morgan fingerprint density at radius 2 is 1.58 bits per heavy atom. The Morgan fingerprint density at radius 1 is 0.842 bits per heavy atom. The molecule has 0 heterocycles. The third-order valence-electron chi connectivity index (χ3n) is 3.52. The van der Waals surface area contributed by atoms with Crippen LogP contribution in [-0.4, -0.2) is 19.0 Å². The summed E-state index contributed by atoms with van der Waals surface area (Å²) in [6.07, 6.45) is 0. The van der Waals surface area contributed by atoms with E-state index in [1.54, 1.807) is 0 Å². The van der Waals surface area contributed by atoms with E-state index in [4.69, 9.17) is 0 Å². The van der Waals surface area contributed by atoms with E-state index in [1.165, 1.54) is 33.4 Å². The molecule has 0 aliphatic rings. The molecule has 0 N–H and O–H groups in total. The molecule has 0 bridgehead atoms. The fraction of sp³-hybridized carbons (Fsp3) is 0.333. The molecule has 2 rings (SSSR count). The van der Waals surface area contributed by atoms with E-state index in [0.717, 1.165) is 6.54 Å². The Kier molecular flexibility index (Phi) is 4.06. The van der Waals surface area contributed by atoms with Crippen LogP contribution in [-0.2, 0) is 6.54 Å². The summed E-state index contributed by atoms with van der Waals surface area (Å²) < 4.78 is 0. The zero-order valence-corrected chi connectivity index (χ0v) is 12.6. The summed E-state index contributed by atoms with van der Waals surface area (Å²) in [6, 6.07) is 13.5. The van der Waals surface area contributed by atoms with Gasteiger partial charge in [0.15, 0.2) is 0 Å². The van der Waals surface area contributed by atoms with E-state index in [-0.39, 0.29) is 0 Å². The summed E-state index contributed by atoms with van der Waals surface area (Å²) in [6.45, 7) is 7.53. The molecule has 0 amide bonds. The van der Waals surface area contributed by atoms with Crippen LogP contribution in [0.1, 0.15) is 22.3 Å². The average Bonchev–Trinajstić information content (AvgIpc) is 2.31. The minimum atomic E-state index is 0.999. The van der Waals surface area contributed by atoms with Crippen LogP contribution < -0.4 is 0 Å². The van der Waals surface area contributed by atoms with E-state index >= 15 is 0 Å². The highest BCUT2D eigenvalue weighted by Crippen LogP contribution is 2.26. The third-order valence-corrected chi connectivity index (χ3v) is 3.52. The lowest BCUT2D eigenvalue weighted by molar-refractivity contribution is 0.401. The lowest BCUT2D eigenvalue weighted by Gasteiger charge is -2.14. The van der Waals surface area contributed by atoms with Gasteiger partial charge >= 0.3 is 0 Å². The molecule has 0 atom stereocenters. The van der Waals surface area contributed by atoms with Gasteiger partial charge in [0.2, 0.25) is 0 Å². The van der Waals surface area contributed by atoms with Crippen LogP contribution in [0.3, 0.4) is 0 Å². The number of benzene rings is 2. The van der Waals surface area contributed by atoms with Gasteiger partial charge in [0.05, 0.1) is 0 Å². The van der Waals surface area contributed by atoms with Crippen LogP contribution >= 0.6 is 0 Å². The molecule has 0 aliphatic carbocycles. The average molecular weight is 253 g/mol. The van der Waals surface area contributed by atoms with Gasteiger partial charge in [0.25, 0.3) is 0 Å². The van der Waals surface area contributed by atoms with Crippen molar-refractivity contribution in [1.29, 1.82) is 0 Å². The second kappa shape index (κ2) is 5.58. The summed E-state index contributed by atoms with van der Waals surface area (Å²) in [4.78, 5) is 2.21. The fourth-order valence-corrected chi connectivity index (χ4v) is 2.52. The summed E-state index contributed by atoms with van der Waals surface area (Å²) in [5.74, 6) is 0. The Morgan fingerprint density at radius 3 is 2.16 bits per heavy atom. The van der Waals surface area contributed by atoms with Crippen molar-refractivity contribution in [3.63, 3.8) is 0 Å². The minimum absolute atomic E-state index is 0.999. The molecule has 1 heteroatoms. The Balaban J connectivity index is 2.39. The van der Waals surface area contributed by atoms with Crippen LogP contribution in [0, 0.1) is 20.8 Å². The molecule has 0 spiro atoms. The normalized spacial score (nSPS) is 11.1. The number of nitrogens with zero attached hydrogens (tertiary/aromatic N) is 1. The molecule has 0 aliphatic heterocycles. The molecule has 0 radical (unpaired) electrons. The van der Waals surface area contributed by atoms with Gasteiger partial charge in [-0.1, -0.05) is 42.0 Å². The fourth-order valence-electron chi connectivity index (χ4n) is 2.52. The Hall–Kier alpha value is -1.60. The number of hydrogen-bond acceptors (Lipinski definition) is 1. The van der Waals surface area contributed by atoms with Gasteiger partial charge in [-0.2, -0.15) is 0 Å². The van der Waals surface area contributed by atoms with E-state index in [2.05, 4.69) is 76.2 Å². The zero-order chi connectivity index (χ0) is 14.0. The maximum absolute atomic E-state index is 2.30. The first-order valence-electron chi connectivity index (χ1n) is 6.79. The van der Waals surface area contributed by atoms with Crippen molar-refractivity contribution in [2.75, 3.05) is 14.1 Å². The van der Waals surface area contributed by atoms with Gasteiger partial charge in [-0.3, -0.25) is 0 Å². The molecule has 2 aromatic carbocycles. The second-order valence-corrected chi connectivity index (χ2v) is 5.70. The van der Waals surface area contributed by atoms with Crippen molar-refractivity contribution in [3.05, 3.63) is 58.7 Å². The van der Waals surface area contributed by atoms with Crippen molar-refractivity contribution in [1.82, 2.24) is 4.90 Å². The van der Waals surface area contributed by atoms with Gasteiger partial charge in [-0.25, -0.2) is 0 Å². The Bertz CT molecular complexity index is 582. The number of hydrogen-bond donors (Lipinski definition) is 0. The summed E-state index contributed by atoms with van der Waals surface area (Å²) in [5.41, 5.74) is 8.09. The Labute approximate surface area is 116 Å². The van der Waals surface area contributed by atoms with Gasteiger partial charge in [-0.15, -0.1) is 0 Å².